The van der Waals surface area contributed by atoms with Gasteiger partial charge in [0, 0.05) is 18.5 Å². The summed E-state index contributed by atoms with van der Waals surface area (Å²) >= 11 is 0. The summed E-state index contributed by atoms with van der Waals surface area (Å²) in [6, 6.07) is 3.57. The number of hydrogen-bond acceptors (Lipinski definition) is 9. The first-order valence-electron chi connectivity index (χ1n) is 10.7. The molecule has 3 unspecified atom stereocenters. The van der Waals surface area contributed by atoms with Crippen LogP contribution in [0.3, 0.4) is 0 Å². The van der Waals surface area contributed by atoms with E-state index in [2.05, 4.69) is 4.90 Å². The number of aliphatic hydroxyl groups excluding tert-OH is 4. The van der Waals surface area contributed by atoms with E-state index >= 15 is 0 Å². The minimum atomic E-state index is -1.80. The largest absolute Gasteiger partial charge is 0.485 e. The number of aliphatic hydroxyl groups is 4. The van der Waals surface area contributed by atoms with Crippen LogP contribution in [0, 0.1) is 0 Å². The fraction of sp³-hybridized carbons (Fsp3) is 0.591. The van der Waals surface area contributed by atoms with E-state index in [1.54, 1.807) is 12.1 Å². The Balaban J connectivity index is 1.53. The predicted molar refractivity (Wildman–Crippen MR) is 108 cm³/mol. The molecule has 0 bridgehead atoms. The molecule has 4 aliphatic rings. The summed E-state index contributed by atoms with van der Waals surface area (Å²) in [4.78, 5) is 13.6. The minimum Gasteiger partial charge on any atom is -0.485 e. The van der Waals surface area contributed by atoms with Crippen molar-refractivity contribution in [3.05, 3.63) is 35.4 Å². The smallest absolute Gasteiger partial charge is 0.335 e. The Morgan fingerprint density at radius 3 is 2.72 bits per heavy atom. The zero-order valence-corrected chi connectivity index (χ0v) is 17.5. The molecular weight excluding hydrogens is 422 g/mol. The lowest BCUT2D eigenvalue weighted by Gasteiger charge is -2.38. The lowest BCUT2D eigenvalue weighted by molar-refractivity contribution is -0.271. The number of hydrogen-bond donors (Lipinski definition) is 5. The van der Waals surface area contributed by atoms with Gasteiger partial charge in [-0.3, -0.25) is 0 Å². The Bertz CT molecular complexity index is 952. The lowest BCUT2D eigenvalue weighted by atomic mass is 9.69. The molecule has 5 rings (SSSR count). The highest BCUT2D eigenvalue weighted by molar-refractivity contribution is 5.73. The number of nitrogens with zero attached hydrogens (tertiary/aromatic N) is 1. The monoisotopic (exact) mass is 449 g/mol. The van der Waals surface area contributed by atoms with E-state index in [-0.39, 0.29) is 11.9 Å². The van der Waals surface area contributed by atoms with Crippen molar-refractivity contribution >= 4 is 5.97 Å². The number of aliphatic carboxylic acids is 1. The van der Waals surface area contributed by atoms with Crippen molar-refractivity contribution in [2.24, 2.45) is 0 Å². The number of rotatable bonds is 3. The fourth-order valence-electron chi connectivity index (χ4n) is 5.28. The fourth-order valence-corrected chi connectivity index (χ4v) is 5.28. The van der Waals surface area contributed by atoms with Gasteiger partial charge in [-0.2, -0.15) is 0 Å². The first-order chi connectivity index (χ1) is 15.2. The van der Waals surface area contributed by atoms with Gasteiger partial charge in [-0.15, -0.1) is 0 Å². The number of ether oxygens (including phenoxy) is 3. The van der Waals surface area contributed by atoms with E-state index in [0.717, 1.165) is 24.1 Å². The molecule has 0 aromatic heterocycles. The minimum absolute atomic E-state index is 0.238. The molecule has 8 atom stereocenters. The van der Waals surface area contributed by atoms with Gasteiger partial charge in [-0.05, 0) is 31.6 Å². The van der Waals surface area contributed by atoms with Gasteiger partial charge in [0.25, 0.3) is 0 Å². The first-order valence-corrected chi connectivity index (χ1v) is 10.7. The van der Waals surface area contributed by atoms with Crippen LogP contribution in [0.5, 0.6) is 11.5 Å². The molecule has 10 heteroatoms. The standard InChI is InChI=1S/C22H27NO9/c1-23-7-6-22-5-4-11(24)8-13(22)31-18-12(3-2-10(9-23)14(18)22)30-21-17(27)15(25)16(26)19(32-21)20(28)29/h2-5,11,13,15-17,19,21,24-27H,6-9H2,1H3,(H,28,29)/t11-,13-,15?,16-,17?,19?,21+,22-/m0/s1. The van der Waals surface area contributed by atoms with Gasteiger partial charge < -0.3 is 44.6 Å². The summed E-state index contributed by atoms with van der Waals surface area (Å²) < 4.78 is 17.4. The average Bonchev–Trinajstić information content (AvgIpc) is 3.01. The van der Waals surface area contributed by atoms with Gasteiger partial charge in [0.15, 0.2) is 17.6 Å². The summed E-state index contributed by atoms with van der Waals surface area (Å²) in [6.07, 6.45) is -4.42. The van der Waals surface area contributed by atoms with Crippen LogP contribution in [-0.2, 0) is 21.5 Å². The highest BCUT2D eigenvalue weighted by Gasteiger charge is 2.53. The summed E-state index contributed by atoms with van der Waals surface area (Å²) in [5, 5.41) is 49.9. The molecule has 1 aromatic rings. The van der Waals surface area contributed by atoms with Crippen molar-refractivity contribution in [3.63, 3.8) is 0 Å². The molecule has 3 aliphatic heterocycles. The maximum absolute atomic E-state index is 11.4. The van der Waals surface area contributed by atoms with Gasteiger partial charge >= 0.3 is 5.97 Å². The number of carboxylic acid groups (broad SMARTS) is 1. The zero-order chi connectivity index (χ0) is 22.8. The Hall–Kier alpha value is -2.21. The van der Waals surface area contributed by atoms with Gasteiger partial charge in [-0.25, -0.2) is 4.79 Å². The Morgan fingerprint density at radius 1 is 1.19 bits per heavy atom. The topological polar surface area (TPSA) is 149 Å². The molecule has 0 radical (unpaired) electrons. The Kier molecular flexibility index (Phi) is 5.19. The number of carbonyl (C=O) groups is 1. The van der Waals surface area contributed by atoms with Gasteiger partial charge in [0.05, 0.1) is 11.5 Å². The molecule has 3 heterocycles. The molecule has 1 aliphatic carbocycles. The van der Waals surface area contributed by atoms with Crippen LogP contribution >= 0.6 is 0 Å². The second-order valence-electron chi connectivity index (χ2n) is 9.08. The van der Waals surface area contributed by atoms with Crippen LogP contribution in [0.4, 0.5) is 0 Å². The molecule has 174 valence electrons. The van der Waals surface area contributed by atoms with Crippen molar-refractivity contribution in [1.82, 2.24) is 4.90 Å². The van der Waals surface area contributed by atoms with Crippen molar-refractivity contribution in [1.29, 1.82) is 0 Å². The Morgan fingerprint density at radius 2 is 1.97 bits per heavy atom. The van der Waals surface area contributed by atoms with E-state index in [4.69, 9.17) is 14.2 Å². The first kappa shape index (κ1) is 21.6. The van der Waals surface area contributed by atoms with Crippen LogP contribution < -0.4 is 9.47 Å². The van der Waals surface area contributed by atoms with Crippen LogP contribution in [-0.4, -0.2) is 92.9 Å². The van der Waals surface area contributed by atoms with Gasteiger partial charge in [-0.1, -0.05) is 18.2 Å². The van der Waals surface area contributed by atoms with Crippen molar-refractivity contribution in [2.45, 2.75) is 67.7 Å². The maximum atomic E-state index is 11.4. The van der Waals surface area contributed by atoms with Crippen LogP contribution in [0.2, 0.25) is 0 Å². The van der Waals surface area contributed by atoms with E-state index in [1.165, 1.54) is 0 Å². The van der Waals surface area contributed by atoms with Gasteiger partial charge in [0.1, 0.15) is 24.4 Å². The second kappa shape index (κ2) is 7.68. The highest BCUT2D eigenvalue weighted by atomic mass is 16.7. The molecule has 1 aromatic carbocycles. The Labute approximate surface area is 184 Å². The summed E-state index contributed by atoms with van der Waals surface area (Å²) in [5.74, 6) is -0.779. The summed E-state index contributed by atoms with van der Waals surface area (Å²) in [5.41, 5.74) is 1.58. The van der Waals surface area contributed by atoms with Crippen LogP contribution in [0.1, 0.15) is 24.0 Å². The molecular formula is C22H27NO9. The number of carboxylic acids is 1. The molecule has 5 N–H and O–H groups in total. The van der Waals surface area contributed by atoms with Gasteiger partial charge in [0.2, 0.25) is 6.29 Å². The second-order valence-corrected chi connectivity index (χ2v) is 9.08. The quantitative estimate of drug-likeness (QED) is 0.368. The molecule has 1 saturated heterocycles. The highest BCUT2D eigenvalue weighted by Crippen LogP contribution is 2.56. The third kappa shape index (κ3) is 3.21. The number of benzene rings is 1. The lowest BCUT2D eigenvalue weighted by Crippen LogP contribution is -2.61. The SMILES string of the molecule is CN1CC[C@@]23C=C[C@H](O)C[C@@H]2Oc2c(O[C@@H]4OC(C(=O)O)[C@@H](O)C(O)C4O)ccc(c23)C1. The predicted octanol–water partition coefficient (Wildman–Crippen LogP) is -0.887. The van der Waals surface area contributed by atoms with Crippen molar-refractivity contribution in [2.75, 3.05) is 13.6 Å². The zero-order valence-electron chi connectivity index (χ0n) is 17.5. The van der Waals surface area contributed by atoms with E-state index in [0.29, 0.717) is 18.7 Å². The summed E-state index contributed by atoms with van der Waals surface area (Å²) in [6.45, 7) is 1.53. The molecule has 0 amide bonds. The average molecular weight is 449 g/mol. The van der Waals surface area contributed by atoms with Crippen LogP contribution in [0.25, 0.3) is 0 Å². The van der Waals surface area contributed by atoms with E-state index < -0.39 is 48.2 Å². The van der Waals surface area contributed by atoms with Crippen molar-refractivity contribution < 1.29 is 44.5 Å². The van der Waals surface area contributed by atoms with E-state index in [1.807, 2.05) is 19.2 Å². The molecule has 1 fully saturated rings. The third-order valence-corrected chi connectivity index (χ3v) is 6.98. The van der Waals surface area contributed by atoms with Crippen molar-refractivity contribution in [3.8, 4) is 11.5 Å². The van der Waals surface area contributed by atoms with E-state index in [9.17, 15) is 30.3 Å². The third-order valence-electron chi connectivity index (χ3n) is 6.98. The molecule has 10 nitrogen and oxygen atoms in total. The molecule has 1 spiro atoms. The molecule has 32 heavy (non-hydrogen) atoms. The summed E-state index contributed by atoms with van der Waals surface area (Å²) in [7, 11) is 2.04. The normalized spacial score (nSPS) is 40.7. The molecule has 0 saturated carbocycles. The van der Waals surface area contributed by atoms with Crippen LogP contribution in [0.15, 0.2) is 24.3 Å². The maximum Gasteiger partial charge on any atom is 0.335 e.